The summed E-state index contributed by atoms with van der Waals surface area (Å²) in [5.41, 5.74) is 4.91. The number of halogens is 6. The zero-order chi connectivity index (χ0) is 39.2. The van der Waals surface area contributed by atoms with Crippen molar-refractivity contribution >= 4 is 20.2 Å². The maximum atomic E-state index is 9.87. The van der Waals surface area contributed by atoms with Gasteiger partial charge in [-0.15, -0.1) is 0 Å². The topological polar surface area (TPSA) is 232 Å². The summed E-state index contributed by atoms with van der Waals surface area (Å²) in [6, 6.07) is 25.1. The fraction of sp³-hybridized carbons (Fsp3) is 0.207. The summed E-state index contributed by atoms with van der Waals surface area (Å²) in [6.45, 7) is 7.01. The molecule has 0 aliphatic heterocycles. The number of nitrogens with zero attached hydrogens (tertiary/aromatic N) is 9. The molecule has 0 atom stereocenters. The van der Waals surface area contributed by atoms with Gasteiger partial charge in [0.25, 0.3) is 0 Å². The van der Waals surface area contributed by atoms with Gasteiger partial charge in [0.15, 0.2) is 0 Å². The first kappa shape index (κ1) is 49.3. The molecule has 0 saturated heterocycles. The van der Waals surface area contributed by atoms with Gasteiger partial charge in [-0.1, -0.05) is 38.1 Å². The Kier molecular flexibility index (Phi) is 21.1. The predicted octanol–water partition coefficient (Wildman–Crippen LogP) is 8.60. The molecule has 276 valence electrons. The van der Waals surface area contributed by atoms with Crippen LogP contribution < -0.4 is 0 Å². The van der Waals surface area contributed by atoms with Gasteiger partial charge in [-0.3, -0.25) is 20.0 Å². The van der Waals surface area contributed by atoms with E-state index in [2.05, 4.69) is 43.8 Å². The largest absolute Gasteiger partial charge is 3.00 e. The number of nitriles is 1. The Morgan fingerprint density at radius 2 is 0.981 bits per heavy atom. The van der Waals surface area contributed by atoms with E-state index in [1.807, 2.05) is 85.2 Å². The maximum Gasteiger partial charge on any atom is 3.00 e. The van der Waals surface area contributed by atoms with E-state index in [1.54, 1.807) is 18.5 Å². The molecule has 4 rings (SSSR count). The SMILES string of the molecule is CC#N.CC(C)(CN=Cc1cccc(-c2ccccn2)n1)CN=Cc1cccc(-c2ccccn2)n1.F[P-](F)(F)(F)(F)F.O=[N+]([O-])[O-].O=[N+]([O-])[O-].[Pr+3]. The van der Waals surface area contributed by atoms with Crippen LogP contribution in [-0.4, -0.2) is 55.6 Å². The van der Waals surface area contributed by atoms with E-state index in [9.17, 15) is 25.2 Å². The molecule has 0 aromatic carbocycles. The normalized spacial score (nSPS) is 11.8. The van der Waals surface area contributed by atoms with Gasteiger partial charge in [-0.05, 0) is 48.5 Å². The second kappa shape index (κ2) is 22.2. The van der Waals surface area contributed by atoms with Gasteiger partial charge in [-0.25, -0.2) is 9.97 Å². The molecule has 0 spiro atoms. The predicted molar refractivity (Wildman–Crippen MR) is 179 cm³/mol. The van der Waals surface area contributed by atoms with Crippen molar-refractivity contribution in [2.45, 2.75) is 20.8 Å². The Labute approximate surface area is 325 Å². The average Bonchev–Trinajstić information content (AvgIpc) is 3.00. The van der Waals surface area contributed by atoms with Crippen LogP contribution in [0.4, 0.5) is 25.2 Å². The number of aromatic nitrogens is 4. The molecule has 0 amide bonds. The van der Waals surface area contributed by atoms with E-state index in [4.69, 9.17) is 35.9 Å². The molecular weight excluding hydrogens is 856 g/mol. The van der Waals surface area contributed by atoms with Crippen molar-refractivity contribution in [1.29, 1.82) is 5.26 Å². The molecule has 4 heterocycles. The van der Waals surface area contributed by atoms with Gasteiger partial charge < -0.3 is 30.6 Å². The van der Waals surface area contributed by atoms with Crippen molar-refractivity contribution < 1.29 is 76.6 Å². The Balaban J connectivity index is 0. The molecule has 0 radical (unpaired) electrons. The number of hydrogen-bond donors (Lipinski definition) is 0. The summed E-state index contributed by atoms with van der Waals surface area (Å²) in [4.78, 5) is 43.7. The zero-order valence-electron chi connectivity index (χ0n) is 27.4. The Morgan fingerprint density at radius 3 is 1.25 bits per heavy atom. The molecule has 0 bridgehead atoms. The second-order valence-corrected chi connectivity index (χ2v) is 12.0. The molecule has 0 unspecified atom stereocenters. The van der Waals surface area contributed by atoms with E-state index in [1.165, 1.54) is 6.92 Å². The number of aliphatic imine (C=N–C) groups is 2. The third kappa shape index (κ3) is 31.2. The Hall–Kier alpha value is -4.80. The van der Waals surface area contributed by atoms with Gasteiger partial charge in [0.1, 0.15) is 0 Å². The molecule has 52 heavy (non-hydrogen) atoms. The monoisotopic (exact) mass is 885 g/mol. The first-order valence-electron chi connectivity index (χ1n) is 13.7. The van der Waals surface area contributed by atoms with Crippen LogP contribution in [0, 0.1) is 88.7 Å². The van der Waals surface area contributed by atoms with Gasteiger partial charge >= 0.3 is 74.3 Å². The van der Waals surface area contributed by atoms with E-state index in [0.29, 0.717) is 13.1 Å². The smallest absolute Gasteiger partial charge is 0.356 e. The standard InChI is InChI=1S/C27H26N6.C2H3N.F6P.2NO3.Pr/c1-27(2,19-28-17-21-9-7-13-25(32-21)23-11-3-5-15-30-23)20-29-18-22-10-8-14-26(33-22)24-12-4-6-16-31-24;1-2-3;1-7(2,3,4,5)6;2*2-1(3)4;/h3-18H,19-20H2,1-2H3;1H3;;;;/q;;3*-1;+3. The van der Waals surface area contributed by atoms with Crippen LogP contribution in [0.3, 0.4) is 0 Å². The van der Waals surface area contributed by atoms with Gasteiger partial charge in [0.05, 0.1) is 50.4 Å². The second-order valence-electron chi connectivity index (χ2n) is 10.1. The van der Waals surface area contributed by atoms with E-state index in [-0.39, 0.29) is 46.7 Å². The quantitative estimate of drug-likeness (QED) is 0.0534. The van der Waals surface area contributed by atoms with Crippen LogP contribution in [0.15, 0.2) is 95.2 Å². The van der Waals surface area contributed by atoms with Crippen LogP contribution in [0.1, 0.15) is 32.2 Å². The van der Waals surface area contributed by atoms with Crippen molar-refractivity contribution in [3.63, 3.8) is 0 Å². The summed E-state index contributed by atoms with van der Waals surface area (Å²) >= 11 is 0. The molecule has 0 aliphatic carbocycles. The molecule has 0 fully saturated rings. The summed E-state index contributed by atoms with van der Waals surface area (Å²) in [7, 11) is -10.7. The zero-order valence-corrected chi connectivity index (χ0v) is 32.0. The summed E-state index contributed by atoms with van der Waals surface area (Å²) in [5, 5.41) is 36.8. The minimum atomic E-state index is -10.7. The van der Waals surface area contributed by atoms with Crippen LogP contribution >= 0.6 is 7.81 Å². The van der Waals surface area contributed by atoms with E-state index in [0.717, 1.165) is 34.2 Å². The third-order valence-electron chi connectivity index (χ3n) is 4.88. The van der Waals surface area contributed by atoms with Gasteiger partial charge in [0.2, 0.25) is 0 Å². The van der Waals surface area contributed by atoms with E-state index >= 15 is 0 Å². The minimum Gasteiger partial charge on any atom is -0.356 e. The first-order chi connectivity index (χ1) is 23.4. The molecule has 0 aliphatic rings. The van der Waals surface area contributed by atoms with E-state index < -0.39 is 18.0 Å². The number of rotatable bonds is 8. The molecule has 0 N–H and O–H groups in total. The summed E-state index contributed by atoms with van der Waals surface area (Å²) in [6.07, 6.45) is 7.17. The van der Waals surface area contributed by atoms with Crippen molar-refractivity contribution in [3.8, 4) is 28.8 Å². The van der Waals surface area contributed by atoms with Crippen LogP contribution in [-0.2, 0) is 0 Å². The fourth-order valence-electron chi connectivity index (χ4n) is 3.18. The molecule has 4 aromatic rings. The minimum absolute atomic E-state index is 0. The van der Waals surface area contributed by atoms with Gasteiger partial charge in [0, 0.05) is 50.3 Å². The Morgan fingerprint density at radius 1 is 0.692 bits per heavy atom. The summed E-state index contributed by atoms with van der Waals surface area (Å²) < 4.78 is 59.2. The molecule has 15 nitrogen and oxygen atoms in total. The van der Waals surface area contributed by atoms with Crippen LogP contribution in [0.25, 0.3) is 22.8 Å². The number of hydrogen-bond acceptors (Lipinski definition) is 13. The third-order valence-corrected chi connectivity index (χ3v) is 4.88. The van der Waals surface area contributed by atoms with Crippen LogP contribution in [0.2, 0.25) is 0 Å². The van der Waals surface area contributed by atoms with Crippen molar-refractivity contribution in [3.05, 3.63) is 127 Å². The summed E-state index contributed by atoms with van der Waals surface area (Å²) in [5.74, 6) is 0. The Bertz CT molecular complexity index is 1660. The van der Waals surface area contributed by atoms with Crippen molar-refractivity contribution in [2.75, 3.05) is 13.1 Å². The molecule has 0 saturated carbocycles. The average molecular weight is 885 g/mol. The maximum absolute atomic E-state index is 10.7. The van der Waals surface area contributed by atoms with Crippen molar-refractivity contribution in [2.24, 2.45) is 15.4 Å². The fourth-order valence-corrected chi connectivity index (χ4v) is 3.18. The molecule has 4 aromatic heterocycles. The van der Waals surface area contributed by atoms with Crippen molar-refractivity contribution in [1.82, 2.24) is 19.9 Å². The van der Waals surface area contributed by atoms with Crippen LogP contribution in [0.5, 0.6) is 0 Å². The molecular formula is C29H29F6N9O6PPr. The first-order valence-corrected chi connectivity index (χ1v) is 15.7. The molecule has 23 heteroatoms. The van der Waals surface area contributed by atoms with Gasteiger partial charge in [-0.2, -0.15) is 5.26 Å². The number of pyridine rings is 4.